The Morgan fingerprint density at radius 3 is 2.62 bits per heavy atom. The topological polar surface area (TPSA) is 83.8 Å². The van der Waals surface area contributed by atoms with Crippen LogP contribution < -0.4 is 11.1 Å². The van der Waals surface area contributed by atoms with Crippen LogP contribution in [0.1, 0.15) is 16.2 Å². The van der Waals surface area contributed by atoms with Crippen LogP contribution >= 0.6 is 0 Å². The summed E-state index contributed by atoms with van der Waals surface area (Å²) < 4.78 is 0. The summed E-state index contributed by atoms with van der Waals surface area (Å²) in [6, 6.07) is 8.63. The average Bonchev–Trinajstić information content (AvgIpc) is 2.68. The third-order valence-electron chi connectivity index (χ3n) is 2.11. The van der Waals surface area contributed by atoms with Crippen LogP contribution in [-0.4, -0.2) is 16.1 Å². The second kappa shape index (κ2) is 4.06. The van der Waals surface area contributed by atoms with E-state index in [2.05, 4.69) is 15.5 Å². The van der Waals surface area contributed by atoms with E-state index in [0.717, 1.165) is 5.69 Å². The number of carbonyl (C=O) groups excluding carboxylic acids is 1. The smallest absolute Gasteiger partial charge is 0.276 e. The first-order chi connectivity index (χ1) is 7.65. The monoisotopic (exact) mass is 216 g/mol. The Hall–Kier alpha value is -2.30. The van der Waals surface area contributed by atoms with Gasteiger partial charge in [0.15, 0.2) is 5.69 Å². The number of aryl methyl sites for hydroxylation is 1. The first kappa shape index (κ1) is 10.2. The number of nitrogens with two attached hydrogens (primary N) is 1. The largest absolute Gasteiger partial charge is 0.399 e. The van der Waals surface area contributed by atoms with Gasteiger partial charge in [-0.05, 0) is 37.3 Å². The summed E-state index contributed by atoms with van der Waals surface area (Å²) >= 11 is 0. The molecule has 5 nitrogen and oxygen atoms in total. The Morgan fingerprint density at radius 1 is 1.38 bits per heavy atom. The number of nitrogen functional groups attached to an aromatic ring is 1. The van der Waals surface area contributed by atoms with Crippen molar-refractivity contribution in [2.24, 2.45) is 0 Å². The number of rotatable bonds is 2. The van der Waals surface area contributed by atoms with Crippen molar-refractivity contribution < 1.29 is 4.79 Å². The van der Waals surface area contributed by atoms with Gasteiger partial charge in [-0.3, -0.25) is 9.89 Å². The SMILES string of the molecule is Cc1cc(C(=O)Nc2ccc(N)cc2)n[nH]1. The fourth-order valence-electron chi connectivity index (χ4n) is 1.30. The van der Waals surface area contributed by atoms with E-state index in [0.29, 0.717) is 17.1 Å². The van der Waals surface area contributed by atoms with Gasteiger partial charge in [0.2, 0.25) is 0 Å². The molecule has 82 valence electrons. The van der Waals surface area contributed by atoms with E-state index in [1.165, 1.54) is 0 Å². The number of aromatic nitrogens is 2. The average molecular weight is 216 g/mol. The number of hydrogen-bond acceptors (Lipinski definition) is 3. The predicted molar refractivity (Wildman–Crippen MR) is 62.1 cm³/mol. The van der Waals surface area contributed by atoms with Crippen LogP contribution in [0.5, 0.6) is 0 Å². The van der Waals surface area contributed by atoms with Crippen molar-refractivity contribution in [1.82, 2.24) is 10.2 Å². The molecule has 0 saturated heterocycles. The fraction of sp³-hybridized carbons (Fsp3) is 0.0909. The van der Waals surface area contributed by atoms with Crippen LogP contribution in [0, 0.1) is 6.92 Å². The van der Waals surface area contributed by atoms with E-state index >= 15 is 0 Å². The van der Waals surface area contributed by atoms with Gasteiger partial charge in [-0.15, -0.1) is 0 Å². The molecule has 4 N–H and O–H groups in total. The molecule has 0 aliphatic heterocycles. The molecule has 2 rings (SSSR count). The lowest BCUT2D eigenvalue weighted by Crippen LogP contribution is -2.12. The highest BCUT2D eigenvalue weighted by atomic mass is 16.1. The molecule has 16 heavy (non-hydrogen) atoms. The number of nitrogens with one attached hydrogen (secondary N) is 2. The minimum Gasteiger partial charge on any atom is -0.399 e. The summed E-state index contributed by atoms with van der Waals surface area (Å²) in [6.45, 7) is 1.84. The molecule has 0 bridgehead atoms. The van der Waals surface area contributed by atoms with E-state index in [1.54, 1.807) is 30.3 Å². The summed E-state index contributed by atoms with van der Waals surface area (Å²) in [4.78, 5) is 11.7. The highest BCUT2D eigenvalue weighted by Crippen LogP contribution is 2.11. The molecule has 0 fully saturated rings. The summed E-state index contributed by atoms with van der Waals surface area (Å²) in [5, 5.41) is 9.30. The van der Waals surface area contributed by atoms with Crippen LogP contribution in [0.15, 0.2) is 30.3 Å². The molecule has 1 amide bonds. The van der Waals surface area contributed by atoms with Crippen molar-refractivity contribution in [2.75, 3.05) is 11.1 Å². The summed E-state index contributed by atoms with van der Waals surface area (Å²) in [5.74, 6) is -0.242. The zero-order valence-corrected chi connectivity index (χ0v) is 8.82. The molecule has 1 aromatic heterocycles. The molecular weight excluding hydrogens is 204 g/mol. The van der Waals surface area contributed by atoms with Gasteiger partial charge in [-0.1, -0.05) is 0 Å². The predicted octanol–water partition coefficient (Wildman–Crippen LogP) is 1.55. The van der Waals surface area contributed by atoms with Crippen LogP contribution in [-0.2, 0) is 0 Å². The zero-order chi connectivity index (χ0) is 11.5. The van der Waals surface area contributed by atoms with Crippen molar-refractivity contribution in [1.29, 1.82) is 0 Å². The second-order valence-corrected chi connectivity index (χ2v) is 3.51. The highest BCUT2D eigenvalue weighted by molar-refractivity contribution is 6.02. The summed E-state index contributed by atoms with van der Waals surface area (Å²) in [5.41, 5.74) is 8.12. The molecule has 0 radical (unpaired) electrons. The maximum absolute atomic E-state index is 11.7. The Bertz CT molecular complexity index is 501. The van der Waals surface area contributed by atoms with Crippen molar-refractivity contribution in [3.8, 4) is 0 Å². The lowest BCUT2D eigenvalue weighted by Gasteiger charge is -2.02. The number of hydrogen-bond donors (Lipinski definition) is 3. The van der Waals surface area contributed by atoms with Crippen LogP contribution in [0.2, 0.25) is 0 Å². The van der Waals surface area contributed by atoms with Crippen molar-refractivity contribution >= 4 is 17.3 Å². The molecule has 0 aliphatic rings. The molecule has 5 heteroatoms. The highest BCUT2D eigenvalue weighted by Gasteiger charge is 2.08. The number of benzene rings is 1. The molecular formula is C11H12N4O. The number of anilines is 2. The van der Waals surface area contributed by atoms with Gasteiger partial charge >= 0.3 is 0 Å². The quantitative estimate of drug-likeness (QED) is 0.666. The molecule has 0 aliphatic carbocycles. The zero-order valence-electron chi connectivity index (χ0n) is 8.82. The standard InChI is InChI=1S/C11H12N4O/c1-7-6-10(15-14-7)11(16)13-9-4-2-8(12)3-5-9/h2-6H,12H2,1H3,(H,13,16)(H,14,15). The van der Waals surface area contributed by atoms with Gasteiger partial charge < -0.3 is 11.1 Å². The Labute approximate surface area is 92.7 Å². The number of nitrogens with zero attached hydrogens (tertiary/aromatic N) is 1. The lowest BCUT2D eigenvalue weighted by molar-refractivity contribution is 0.102. The minimum absolute atomic E-state index is 0.242. The van der Waals surface area contributed by atoms with E-state index in [4.69, 9.17) is 5.73 Å². The van der Waals surface area contributed by atoms with Crippen molar-refractivity contribution in [2.45, 2.75) is 6.92 Å². The third-order valence-corrected chi connectivity index (χ3v) is 2.11. The molecule has 2 aromatic rings. The summed E-state index contributed by atoms with van der Waals surface area (Å²) in [7, 11) is 0. The molecule has 0 saturated carbocycles. The number of carbonyl (C=O) groups is 1. The Morgan fingerprint density at radius 2 is 2.06 bits per heavy atom. The normalized spacial score (nSPS) is 10.1. The van der Waals surface area contributed by atoms with Gasteiger partial charge in [0, 0.05) is 17.1 Å². The van der Waals surface area contributed by atoms with Gasteiger partial charge in [-0.2, -0.15) is 5.10 Å². The van der Waals surface area contributed by atoms with Crippen molar-refractivity contribution in [3.63, 3.8) is 0 Å². The Kier molecular flexibility index (Phi) is 2.59. The maximum Gasteiger partial charge on any atom is 0.276 e. The summed E-state index contributed by atoms with van der Waals surface area (Å²) in [6.07, 6.45) is 0. The van der Waals surface area contributed by atoms with E-state index in [1.807, 2.05) is 6.92 Å². The van der Waals surface area contributed by atoms with E-state index < -0.39 is 0 Å². The molecule has 0 spiro atoms. The number of H-pyrrole nitrogens is 1. The van der Waals surface area contributed by atoms with Gasteiger partial charge in [0.25, 0.3) is 5.91 Å². The molecule has 0 atom stereocenters. The first-order valence-corrected chi connectivity index (χ1v) is 4.84. The van der Waals surface area contributed by atoms with Gasteiger partial charge in [0.05, 0.1) is 0 Å². The first-order valence-electron chi connectivity index (χ1n) is 4.84. The molecule has 1 aromatic carbocycles. The van der Waals surface area contributed by atoms with Gasteiger partial charge in [-0.25, -0.2) is 0 Å². The molecule has 0 unspecified atom stereocenters. The van der Waals surface area contributed by atoms with Crippen LogP contribution in [0.4, 0.5) is 11.4 Å². The molecule has 1 heterocycles. The number of amides is 1. The van der Waals surface area contributed by atoms with Gasteiger partial charge in [0.1, 0.15) is 0 Å². The van der Waals surface area contributed by atoms with Crippen LogP contribution in [0.3, 0.4) is 0 Å². The Balaban J connectivity index is 2.10. The van der Waals surface area contributed by atoms with E-state index in [9.17, 15) is 4.79 Å². The van der Waals surface area contributed by atoms with Crippen molar-refractivity contribution in [3.05, 3.63) is 41.7 Å². The fourth-order valence-corrected chi connectivity index (χ4v) is 1.30. The third kappa shape index (κ3) is 2.20. The second-order valence-electron chi connectivity index (χ2n) is 3.51. The lowest BCUT2D eigenvalue weighted by atomic mass is 10.2. The van der Waals surface area contributed by atoms with Crippen LogP contribution in [0.25, 0.3) is 0 Å². The minimum atomic E-state index is -0.242. The van der Waals surface area contributed by atoms with E-state index in [-0.39, 0.29) is 5.91 Å². The maximum atomic E-state index is 11.7. The number of aromatic amines is 1.